The Hall–Kier alpha value is -6.79. The van der Waals surface area contributed by atoms with Crippen molar-refractivity contribution in [2.45, 2.75) is 128 Å². The molecule has 7 fully saturated rings. The van der Waals surface area contributed by atoms with E-state index in [9.17, 15) is 56.3 Å². The van der Waals surface area contributed by atoms with E-state index in [1.54, 1.807) is 69.0 Å². The van der Waals surface area contributed by atoms with Gasteiger partial charge in [0, 0.05) is 104 Å². The zero-order chi connectivity index (χ0) is 81.7. The normalized spacial score (nSPS) is 20.9. The van der Waals surface area contributed by atoms with Crippen LogP contribution in [-0.4, -0.2) is 282 Å². The number of carbonyl (C=O) groups excluding carboxylic acids is 9. The summed E-state index contributed by atoms with van der Waals surface area (Å²) in [6, 6.07) is 0. The molecule has 1 aliphatic carbocycles. The summed E-state index contributed by atoms with van der Waals surface area (Å²) >= 11 is 3.53. The molecule has 8 heterocycles. The second-order valence-corrected chi connectivity index (χ2v) is 23.0. The molecule has 0 aromatic heterocycles. The molecule has 8 aliphatic heterocycles. The van der Waals surface area contributed by atoms with Gasteiger partial charge in [-0.3, -0.25) is 38.6 Å². The number of rotatable bonds is 21. The van der Waals surface area contributed by atoms with Gasteiger partial charge >= 0.3 is 30.1 Å². The number of hydrogen-bond donors (Lipinski definition) is 1. The second kappa shape index (κ2) is 64.6. The van der Waals surface area contributed by atoms with Crippen molar-refractivity contribution in [3.63, 3.8) is 0 Å². The van der Waals surface area contributed by atoms with Crippen LogP contribution >= 0.6 is 12.6 Å². The first kappa shape index (κ1) is 108. The van der Waals surface area contributed by atoms with Gasteiger partial charge in [0.15, 0.2) is 5.78 Å². The molecule has 7 unspecified atom stereocenters. The number of alkyl halides is 3. The van der Waals surface area contributed by atoms with Gasteiger partial charge in [0.1, 0.15) is 23.8 Å². The van der Waals surface area contributed by atoms with Crippen molar-refractivity contribution < 1.29 is 137 Å². The largest absolute Gasteiger partial charge is 0.505 e. The summed E-state index contributed by atoms with van der Waals surface area (Å²) < 4.78 is 114. The Labute approximate surface area is 620 Å². The van der Waals surface area contributed by atoms with Crippen LogP contribution in [0.4, 0.5) is 13.2 Å². The quantitative estimate of drug-likeness (QED) is 0.0165. The standard InChI is InChI=1S/C8H14O2.C7H7NO4.C7H14O2.C6H10O2.C5H5F3O2.C5H5NO2.C5H10O2.C5H8O2.C5H10O.C4H8O2.C4H6O2.C4H8O.2C3H6O.CH4S/c1-9-5-6-2-3-7-8(4-6)10-7;1-12-7(11)4-8-5(9)2-3-6(8)10;1-3-7(4-8-2)5-9-6-7;1-3-6(7)4-5-8-2;1-3(4(9)10-2)5(6,7)8;1-6-4(7)2-3-5(6)8;1-5(3-6-2)4-7-5;1-4(2)5(6)7-3;1-4-5(2,3)6-4;1-5-2-4-3-6-4;1-3-4(5)6-2;1-3-4-5-2;1-3-2-4-3;1-3-4-2;1-2/h6-8H,2-5H2,1H3;2-3H,4H2,1H3;3-6H2,1-2H3;3H,1,4-5H2,2H3;1H2,2H3;2-3H,1H3;3-4H2,1-2H3;1H2,2-3H3;4H,1-3H3;4H,2-3H2,1H3;3H,1H2,2H3;3H,1,4H2,2H3;3H,2H2,1H3;3H,1H2,2H3;2H,1H3. The average Bonchev–Trinajstić information content (AvgIpc) is 1.48. The minimum absolute atomic E-state index is 0.0341. The fourth-order valence-electron chi connectivity index (χ4n) is 6.51. The van der Waals surface area contributed by atoms with Crippen LogP contribution in [-0.2, 0) is 124 Å². The lowest BCUT2D eigenvalue weighted by atomic mass is 9.84. The maximum Gasteiger partial charge on any atom is 0.422 e. The molecule has 32 heteroatoms. The Morgan fingerprint density at radius 2 is 1.14 bits per heavy atom. The topological polar surface area (TPSA) is 334 Å². The highest BCUT2D eigenvalue weighted by Gasteiger charge is 2.44. The number of hydrogen-bond acceptors (Lipinski definition) is 27. The predicted octanol–water partition coefficient (Wildman–Crippen LogP) is 8.21. The number of ether oxygens (including phenoxy) is 17. The van der Waals surface area contributed by atoms with E-state index in [1.807, 2.05) is 6.92 Å². The third-order valence-corrected chi connectivity index (χ3v) is 13.6. The minimum atomic E-state index is -4.69. The van der Waals surface area contributed by atoms with Crippen molar-refractivity contribution in [1.29, 1.82) is 0 Å². The Bertz CT molecular complexity index is 2510. The predicted molar refractivity (Wildman–Crippen MR) is 388 cm³/mol. The highest BCUT2D eigenvalue weighted by atomic mass is 32.1. The number of thiol groups is 1. The number of epoxide rings is 5. The van der Waals surface area contributed by atoms with E-state index >= 15 is 0 Å². The molecule has 602 valence electrons. The summed E-state index contributed by atoms with van der Waals surface area (Å²) in [5.74, 6) is -3.44. The Balaban J connectivity index is -0.000000250. The van der Waals surface area contributed by atoms with E-state index in [0.29, 0.717) is 61.1 Å². The summed E-state index contributed by atoms with van der Waals surface area (Å²) in [6.45, 7) is 41.8. The van der Waals surface area contributed by atoms with E-state index in [2.05, 4.69) is 120 Å². The summed E-state index contributed by atoms with van der Waals surface area (Å²) in [5.41, 5.74) is -0.402. The van der Waals surface area contributed by atoms with Crippen LogP contribution in [0.15, 0.2) is 99.4 Å². The van der Waals surface area contributed by atoms with Crippen LogP contribution in [0.3, 0.4) is 0 Å². The first-order valence-electron chi connectivity index (χ1n) is 32.3. The first-order valence-corrected chi connectivity index (χ1v) is 33.2. The lowest BCUT2D eigenvalue weighted by Crippen LogP contribution is -2.45. The molecule has 28 nitrogen and oxygen atoms in total. The summed E-state index contributed by atoms with van der Waals surface area (Å²) in [6.07, 6.45) is 15.4. The van der Waals surface area contributed by atoms with Gasteiger partial charge < -0.3 is 80.5 Å². The van der Waals surface area contributed by atoms with Crippen LogP contribution in [0.1, 0.15) is 80.6 Å². The van der Waals surface area contributed by atoms with E-state index in [1.165, 1.54) is 78.6 Å². The van der Waals surface area contributed by atoms with Crippen LogP contribution in [0.2, 0.25) is 0 Å². The van der Waals surface area contributed by atoms with Crippen molar-refractivity contribution >= 4 is 65.9 Å². The fourth-order valence-corrected chi connectivity index (χ4v) is 6.51. The Morgan fingerprint density at radius 3 is 1.34 bits per heavy atom. The molecular weight excluding hydrogens is 1400 g/mol. The molecule has 104 heavy (non-hydrogen) atoms. The summed E-state index contributed by atoms with van der Waals surface area (Å²) in [7, 11) is 17.8. The van der Waals surface area contributed by atoms with Gasteiger partial charge in [-0.1, -0.05) is 45.9 Å². The van der Waals surface area contributed by atoms with Gasteiger partial charge in [-0.25, -0.2) is 14.4 Å². The molecule has 7 atom stereocenters. The third kappa shape index (κ3) is 62.6. The monoisotopic (exact) mass is 1520 g/mol. The maximum absolute atomic E-state index is 11.5. The summed E-state index contributed by atoms with van der Waals surface area (Å²) in [4.78, 5) is 95.5. The fraction of sp³-hybridized carbons (Fsp3) is 0.653. The number of allylic oxidation sites excluding steroid dienone is 1. The highest BCUT2D eigenvalue weighted by Crippen LogP contribution is 2.39. The lowest BCUT2D eigenvalue weighted by Gasteiger charge is -2.39. The van der Waals surface area contributed by atoms with E-state index < -0.39 is 41.5 Å². The van der Waals surface area contributed by atoms with Crippen LogP contribution < -0.4 is 0 Å². The smallest absolute Gasteiger partial charge is 0.422 e. The van der Waals surface area contributed by atoms with Crippen molar-refractivity contribution in [3.05, 3.63) is 99.4 Å². The van der Waals surface area contributed by atoms with E-state index in [4.69, 9.17) is 47.4 Å². The number of ketones is 1. The third-order valence-electron chi connectivity index (χ3n) is 13.6. The number of imide groups is 2. The van der Waals surface area contributed by atoms with Crippen molar-refractivity contribution in [1.82, 2.24) is 9.80 Å². The van der Waals surface area contributed by atoms with Gasteiger partial charge in [-0.2, -0.15) is 25.8 Å². The SMILES string of the molecule is C=C(C(=O)OC)C(F)(F)F.C=C(C)C(=O)OC.C=CC(=O)CCOC.C=CC(=O)OC.C=CCOC.C=COC.CC1CO1.CC1OC1(C)C.CCC1(COC)COC1.CN1C(=O)C=CC1=O.COC(=O)CN1C(=O)C=CC1=O.COCC1(C)CO1.COCC1CCC2OC2C1.COCC1CO1.CS. The zero-order valence-corrected chi connectivity index (χ0v) is 65.8. The molecule has 9 aliphatic rings. The molecule has 0 N–H and O–H groups in total. The van der Waals surface area contributed by atoms with Crippen molar-refractivity contribution in [3.8, 4) is 0 Å². The number of methoxy groups -OCH3 is 11. The Kier molecular flexibility index (Phi) is 67.2. The number of likely N-dealkylation sites (N-methyl/N-ethyl adjacent to an activating group) is 1. The minimum Gasteiger partial charge on any atom is -0.505 e. The lowest BCUT2D eigenvalue weighted by molar-refractivity contribution is -0.149. The number of fused-ring (bicyclic) bond motifs is 1. The van der Waals surface area contributed by atoms with Crippen LogP contribution in [0, 0.1) is 11.3 Å². The molecule has 9 rings (SSSR count). The maximum atomic E-state index is 11.5. The van der Waals surface area contributed by atoms with Crippen molar-refractivity contribution in [2.75, 3.05) is 171 Å². The number of esters is 4. The van der Waals surface area contributed by atoms with Gasteiger partial charge in [-0.15, -0.1) is 6.58 Å². The second-order valence-electron chi connectivity index (χ2n) is 23.0. The molecule has 0 radical (unpaired) electrons. The highest BCUT2D eigenvalue weighted by molar-refractivity contribution is 7.79. The molecule has 0 aromatic carbocycles. The van der Waals surface area contributed by atoms with Crippen LogP contribution in [0.25, 0.3) is 0 Å². The van der Waals surface area contributed by atoms with E-state index in [-0.39, 0.29) is 41.3 Å². The van der Waals surface area contributed by atoms with Gasteiger partial charge in [-0.05, 0) is 85.5 Å². The average molecular weight is 1520 g/mol. The molecule has 4 amide bonds. The van der Waals surface area contributed by atoms with Gasteiger partial charge in [0.2, 0.25) is 0 Å². The molecule has 1 saturated carbocycles. The molecule has 0 aromatic rings. The molecular formula is C72H121F3N2O26S. The zero-order valence-electron chi connectivity index (χ0n) is 64.9. The van der Waals surface area contributed by atoms with Gasteiger partial charge in [0.25, 0.3) is 23.6 Å². The summed E-state index contributed by atoms with van der Waals surface area (Å²) in [5, 5.41) is 0. The van der Waals surface area contributed by atoms with Gasteiger partial charge in [0.05, 0.1) is 138 Å². The molecule has 0 bridgehead atoms. The number of halogens is 3. The van der Waals surface area contributed by atoms with Crippen molar-refractivity contribution in [2.24, 2.45) is 11.3 Å². The van der Waals surface area contributed by atoms with E-state index in [0.717, 1.165) is 101 Å². The first-order chi connectivity index (χ1) is 48.8. The Morgan fingerprint density at radius 1 is 0.673 bits per heavy atom. The number of nitrogens with zero attached hydrogens (tertiary/aromatic N) is 2. The molecule has 0 spiro atoms. The number of carbonyl (C=O) groups is 9. The number of amides is 4. The molecule has 6 saturated heterocycles. The van der Waals surface area contributed by atoms with Crippen LogP contribution in [0.5, 0.6) is 0 Å².